The number of hydrogen-bond donors (Lipinski definition) is 1. The Balaban J connectivity index is 3.23. The van der Waals surface area contributed by atoms with E-state index in [4.69, 9.17) is 22.1 Å². The van der Waals surface area contributed by atoms with Gasteiger partial charge in [-0.15, -0.1) is 0 Å². The van der Waals surface area contributed by atoms with Crippen molar-refractivity contribution in [3.8, 4) is 5.75 Å². The quantitative estimate of drug-likeness (QED) is 0.612. The molecule has 0 aromatic heterocycles. The number of halogens is 1. The second-order valence-corrected chi connectivity index (χ2v) is 3.36. The zero-order valence-corrected chi connectivity index (χ0v) is 8.71. The van der Waals surface area contributed by atoms with Gasteiger partial charge in [-0.3, -0.25) is 4.79 Å². The number of carbonyl (C=O) groups excluding carboxylic acids is 1. The standard InChI is InChI=1S/C9H11ClN2O2/c1-12(2)8-3-6(10)7(11)4-9(8)14-5-13/h3-5H,11H2,1-2H3. The molecule has 0 saturated carbocycles. The van der Waals surface area contributed by atoms with Crippen molar-refractivity contribution in [2.75, 3.05) is 24.7 Å². The average Bonchev–Trinajstić information content (AvgIpc) is 2.11. The van der Waals surface area contributed by atoms with Crippen molar-refractivity contribution in [2.45, 2.75) is 0 Å². The molecule has 0 radical (unpaired) electrons. The largest absolute Gasteiger partial charge is 0.426 e. The minimum Gasteiger partial charge on any atom is -0.426 e. The van der Waals surface area contributed by atoms with E-state index in [1.807, 2.05) is 14.1 Å². The Bertz CT molecular complexity index is 353. The number of benzene rings is 1. The van der Waals surface area contributed by atoms with Gasteiger partial charge in [0, 0.05) is 20.2 Å². The van der Waals surface area contributed by atoms with Gasteiger partial charge in [-0.1, -0.05) is 11.6 Å². The highest BCUT2D eigenvalue weighted by molar-refractivity contribution is 6.33. The first-order valence-corrected chi connectivity index (χ1v) is 4.30. The van der Waals surface area contributed by atoms with E-state index in [0.29, 0.717) is 28.6 Å². The lowest BCUT2D eigenvalue weighted by Crippen LogP contribution is -2.11. The highest BCUT2D eigenvalue weighted by Crippen LogP contribution is 2.34. The van der Waals surface area contributed by atoms with Gasteiger partial charge in [0.25, 0.3) is 6.47 Å². The van der Waals surface area contributed by atoms with Crippen LogP contribution < -0.4 is 15.4 Å². The summed E-state index contributed by atoms with van der Waals surface area (Å²) in [6.45, 7) is 0.357. The van der Waals surface area contributed by atoms with E-state index < -0.39 is 0 Å². The molecule has 4 nitrogen and oxygen atoms in total. The number of nitrogen functional groups attached to an aromatic ring is 1. The molecule has 0 spiro atoms. The zero-order valence-electron chi connectivity index (χ0n) is 7.95. The maximum absolute atomic E-state index is 10.2. The zero-order chi connectivity index (χ0) is 10.7. The summed E-state index contributed by atoms with van der Waals surface area (Å²) < 4.78 is 4.77. The number of nitrogens with two attached hydrogens (primary N) is 1. The van der Waals surface area contributed by atoms with Crippen LogP contribution >= 0.6 is 11.6 Å². The van der Waals surface area contributed by atoms with Crippen LogP contribution in [0.1, 0.15) is 0 Å². The molecule has 0 aliphatic carbocycles. The van der Waals surface area contributed by atoms with E-state index in [2.05, 4.69) is 0 Å². The monoisotopic (exact) mass is 214 g/mol. The Morgan fingerprint density at radius 2 is 2.14 bits per heavy atom. The number of ether oxygens (including phenoxy) is 1. The van der Waals surface area contributed by atoms with Gasteiger partial charge in [-0.25, -0.2) is 0 Å². The topological polar surface area (TPSA) is 55.6 Å². The van der Waals surface area contributed by atoms with Crippen molar-refractivity contribution < 1.29 is 9.53 Å². The summed E-state index contributed by atoms with van der Waals surface area (Å²) in [5.41, 5.74) is 6.66. The Labute approximate surface area is 87.2 Å². The van der Waals surface area contributed by atoms with Crippen molar-refractivity contribution >= 4 is 29.4 Å². The third-order valence-corrected chi connectivity index (χ3v) is 2.06. The van der Waals surface area contributed by atoms with Gasteiger partial charge in [0.15, 0.2) is 5.75 Å². The smallest absolute Gasteiger partial charge is 0.298 e. The SMILES string of the molecule is CN(C)c1cc(Cl)c(N)cc1OC=O. The summed E-state index contributed by atoms with van der Waals surface area (Å²) >= 11 is 5.83. The van der Waals surface area contributed by atoms with Crippen LogP contribution in [0.3, 0.4) is 0 Å². The van der Waals surface area contributed by atoms with Crippen LogP contribution in [0.2, 0.25) is 5.02 Å². The fraction of sp³-hybridized carbons (Fsp3) is 0.222. The van der Waals surface area contributed by atoms with Crippen LogP contribution in [0.25, 0.3) is 0 Å². The molecule has 0 saturated heterocycles. The molecule has 5 heteroatoms. The first kappa shape index (κ1) is 10.7. The summed E-state index contributed by atoms with van der Waals surface area (Å²) in [5, 5.41) is 0.437. The summed E-state index contributed by atoms with van der Waals surface area (Å²) in [7, 11) is 3.64. The molecular weight excluding hydrogens is 204 g/mol. The lowest BCUT2D eigenvalue weighted by Gasteiger charge is -2.16. The molecule has 2 N–H and O–H groups in total. The predicted octanol–water partition coefficient (Wildman–Crippen LogP) is 1.52. The molecule has 1 rings (SSSR count). The van der Waals surface area contributed by atoms with Gasteiger partial charge in [0.1, 0.15) is 0 Å². The van der Waals surface area contributed by atoms with E-state index in [0.717, 1.165) is 0 Å². The molecule has 1 aromatic carbocycles. The Hall–Kier alpha value is -1.42. The number of rotatable bonds is 3. The molecule has 0 heterocycles. The first-order chi connectivity index (χ1) is 6.56. The Morgan fingerprint density at radius 1 is 1.50 bits per heavy atom. The molecule has 0 unspecified atom stereocenters. The maximum Gasteiger partial charge on any atom is 0.298 e. The summed E-state index contributed by atoms with van der Waals surface area (Å²) in [6, 6.07) is 3.17. The van der Waals surface area contributed by atoms with Crippen molar-refractivity contribution in [3.05, 3.63) is 17.2 Å². The van der Waals surface area contributed by atoms with E-state index in [1.165, 1.54) is 6.07 Å². The number of hydrogen-bond acceptors (Lipinski definition) is 4. The molecule has 0 atom stereocenters. The number of carbonyl (C=O) groups is 1. The summed E-state index contributed by atoms with van der Waals surface area (Å²) in [4.78, 5) is 12.0. The third-order valence-electron chi connectivity index (χ3n) is 1.74. The molecule has 14 heavy (non-hydrogen) atoms. The van der Waals surface area contributed by atoms with Gasteiger partial charge >= 0.3 is 0 Å². The van der Waals surface area contributed by atoms with Crippen LogP contribution in [0.15, 0.2) is 12.1 Å². The van der Waals surface area contributed by atoms with Crippen LogP contribution in [0.5, 0.6) is 5.75 Å². The lowest BCUT2D eigenvalue weighted by atomic mass is 10.2. The van der Waals surface area contributed by atoms with E-state index in [1.54, 1.807) is 11.0 Å². The fourth-order valence-electron chi connectivity index (χ4n) is 1.05. The first-order valence-electron chi connectivity index (χ1n) is 3.93. The average molecular weight is 215 g/mol. The van der Waals surface area contributed by atoms with E-state index in [9.17, 15) is 4.79 Å². The van der Waals surface area contributed by atoms with Gasteiger partial charge in [0.05, 0.1) is 16.4 Å². The van der Waals surface area contributed by atoms with Crippen molar-refractivity contribution in [3.63, 3.8) is 0 Å². The summed E-state index contributed by atoms with van der Waals surface area (Å²) in [5.74, 6) is 0.395. The Morgan fingerprint density at radius 3 is 2.64 bits per heavy atom. The van der Waals surface area contributed by atoms with E-state index in [-0.39, 0.29) is 0 Å². The molecule has 0 aliphatic heterocycles. The predicted molar refractivity (Wildman–Crippen MR) is 56.9 cm³/mol. The van der Waals surface area contributed by atoms with Crippen molar-refractivity contribution in [1.82, 2.24) is 0 Å². The van der Waals surface area contributed by atoms with Crippen LogP contribution in [-0.4, -0.2) is 20.6 Å². The normalized spacial score (nSPS) is 9.64. The van der Waals surface area contributed by atoms with Gasteiger partial charge < -0.3 is 15.4 Å². The summed E-state index contributed by atoms with van der Waals surface area (Å²) in [6.07, 6.45) is 0. The lowest BCUT2D eigenvalue weighted by molar-refractivity contribution is -0.120. The third kappa shape index (κ3) is 2.09. The van der Waals surface area contributed by atoms with E-state index >= 15 is 0 Å². The minimum atomic E-state index is 0.357. The fourth-order valence-corrected chi connectivity index (χ4v) is 1.21. The molecular formula is C9H11ClN2O2. The maximum atomic E-state index is 10.2. The van der Waals surface area contributed by atoms with Crippen LogP contribution in [0, 0.1) is 0 Å². The number of nitrogens with zero attached hydrogens (tertiary/aromatic N) is 1. The van der Waals surface area contributed by atoms with Crippen molar-refractivity contribution in [2.24, 2.45) is 0 Å². The van der Waals surface area contributed by atoms with Gasteiger partial charge in [0.2, 0.25) is 0 Å². The highest BCUT2D eigenvalue weighted by atomic mass is 35.5. The molecule has 0 aliphatic rings. The molecule has 76 valence electrons. The highest BCUT2D eigenvalue weighted by Gasteiger charge is 2.09. The minimum absolute atomic E-state index is 0.357. The van der Waals surface area contributed by atoms with Gasteiger partial charge in [-0.2, -0.15) is 0 Å². The van der Waals surface area contributed by atoms with Crippen LogP contribution in [0.4, 0.5) is 11.4 Å². The van der Waals surface area contributed by atoms with Gasteiger partial charge in [-0.05, 0) is 6.07 Å². The molecule has 0 amide bonds. The van der Waals surface area contributed by atoms with Crippen LogP contribution in [-0.2, 0) is 4.79 Å². The molecule has 0 bridgehead atoms. The second-order valence-electron chi connectivity index (χ2n) is 2.95. The second kappa shape index (κ2) is 4.19. The Kier molecular flexibility index (Phi) is 3.19. The number of anilines is 2. The van der Waals surface area contributed by atoms with Crippen molar-refractivity contribution in [1.29, 1.82) is 0 Å². The molecule has 0 fully saturated rings. The molecule has 1 aromatic rings.